The molecule has 3 rings (SSSR count). The fraction of sp³-hybridized carbons (Fsp3) is 0.444. The Hall–Kier alpha value is -2.14. The van der Waals surface area contributed by atoms with Crippen LogP contribution in [0.25, 0.3) is 5.57 Å². The number of anilines is 1. The standard InChI is InChI=1S/C18H23N3O2/c1-13-15(10-7-11-23-13)18(22)20-16-12-19-21-17(16)14-8-5-3-2-4-6-9-14/h2-3,5,8-9,12-13,15H,4,6-7,10-11H2,1H3,(H,19,21)(H,20,22)/b3-2+,8-5?,14-9?/t13-,15?/m0/s1. The highest BCUT2D eigenvalue weighted by Gasteiger charge is 2.29. The molecule has 1 unspecified atom stereocenters. The van der Waals surface area contributed by atoms with E-state index in [9.17, 15) is 4.79 Å². The predicted octanol–water partition coefficient (Wildman–Crippen LogP) is 3.45. The zero-order valence-electron chi connectivity index (χ0n) is 13.4. The molecule has 1 amide bonds. The number of hydrogen-bond acceptors (Lipinski definition) is 3. The summed E-state index contributed by atoms with van der Waals surface area (Å²) in [6.07, 6.45) is 15.8. The third-order valence-corrected chi connectivity index (χ3v) is 4.35. The Bertz CT molecular complexity index is 642. The van der Waals surface area contributed by atoms with Crippen molar-refractivity contribution in [3.05, 3.63) is 42.3 Å². The highest BCUT2D eigenvalue weighted by Crippen LogP contribution is 2.27. The summed E-state index contributed by atoms with van der Waals surface area (Å²) in [6, 6.07) is 0. The number of carbonyl (C=O) groups is 1. The maximum atomic E-state index is 12.6. The van der Waals surface area contributed by atoms with E-state index in [0.717, 1.165) is 49.2 Å². The minimum absolute atomic E-state index is 0.00942. The summed E-state index contributed by atoms with van der Waals surface area (Å²) >= 11 is 0. The molecule has 1 aromatic heterocycles. The van der Waals surface area contributed by atoms with Crippen molar-refractivity contribution in [1.29, 1.82) is 0 Å². The Morgan fingerprint density at radius 3 is 3.17 bits per heavy atom. The van der Waals surface area contributed by atoms with E-state index in [-0.39, 0.29) is 17.9 Å². The van der Waals surface area contributed by atoms with Gasteiger partial charge in [-0.15, -0.1) is 0 Å². The smallest absolute Gasteiger partial charge is 0.230 e. The molecule has 5 nitrogen and oxygen atoms in total. The highest BCUT2D eigenvalue weighted by molar-refractivity contribution is 5.96. The van der Waals surface area contributed by atoms with E-state index in [2.05, 4.69) is 27.7 Å². The normalized spacial score (nSPS) is 26.0. The minimum Gasteiger partial charge on any atom is -0.378 e. The van der Waals surface area contributed by atoms with Gasteiger partial charge in [0.05, 0.1) is 29.6 Å². The van der Waals surface area contributed by atoms with E-state index in [1.165, 1.54) is 0 Å². The molecule has 1 aliphatic heterocycles. The van der Waals surface area contributed by atoms with Gasteiger partial charge in [-0.25, -0.2) is 0 Å². The molecular formula is C18H23N3O2. The second-order valence-corrected chi connectivity index (χ2v) is 6.00. The number of amides is 1. The Kier molecular flexibility index (Phi) is 5.08. The summed E-state index contributed by atoms with van der Waals surface area (Å²) < 4.78 is 5.59. The van der Waals surface area contributed by atoms with Gasteiger partial charge in [-0.2, -0.15) is 5.10 Å². The third kappa shape index (κ3) is 3.79. The van der Waals surface area contributed by atoms with E-state index in [1.807, 2.05) is 25.2 Å². The number of nitrogens with one attached hydrogen (secondary N) is 2. The molecule has 2 heterocycles. The summed E-state index contributed by atoms with van der Waals surface area (Å²) in [7, 11) is 0. The van der Waals surface area contributed by atoms with Gasteiger partial charge in [-0.05, 0) is 38.2 Å². The first-order valence-corrected chi connectivity index (χ1v) is 8.25. The number of hydrogen-bond donors (Lipinski definition) is 2. The predicted molar refractivity (Wildman–Crippen MR) is 90.8 cm³/mol. The quantitative estimate of drug-likeness (QED) is 0.898. The van der Waals surface area contributed by atoms with Gasteiger partial charge < -0.3 is 10.1 Å². The number of ether oxygens (including phenoxy) is 1. The maximum Gasteiger partial charge on any atom is 0.230 e. The van der Waals surface area contributed by atoms with Crippen LogP contribution in [0.15, 0.2) is 36.6 Å². The molecule has 5 heteroatoms. The molecule has 1 aromatic rings. The first-order valence-electron chi connectivity index (χ1n) is 8.25. The largest absolute Gasteiger partial charge is 0.378 e. The molecule has 1 fully saturated rings. The lowest BCUT2D eigenvalue weighted by atomic mass is 9.94. The second kappa shape index (κ2) is 7.42. The van der Waals surface area contributed by atoms with Gasteiger partial charge in [-0.3, -0.25) is 9.89 Å². The van der Waals surface area contributed by atoms with E-state index < -0.39 is 0 Å². The molecule has 2 aliphatic rings. The molecule has 2 atom stereocenters. The van der Waals surface area contributed by atoms with Gasteiger partial charge >= 0.3 is 0 Å². The van der Waals surface area contributed by atoms with Crippen molar-refractivity contribution in [1.82, 2.24) is 10.2 Å². The maximum absolute atomic E-state index is 12.6. The van der Waals surface area contributed by atoms with E-state index >= 15 is 0 Å². The highest BCUT2D eigenvalue weighted by atomic mass is 16.5. The Labute approximate surface area is 136 Å². The van der Waals surface area contributed by atoms with Crippen LogP contribution in [-0.4, -0.2) is 28.8 Å². The molecular weight excluding hydrogens is 290 g/mol. The summed E-state index contributed by atoms with van der Waals surface area (Å²) in [6.45, 7) is 2.71. The first-order chi connectivity index (χ1) is 11.3. The number of carbonyl (C=O) groups excluding carboxylic acids is 1. The van der Waals surface area contributed by atoms with Crippen LogP contribution in [0.1, 0.15) is 38.3 Å². The number of nitrogens with zero attached hydrogens (tertiary/aromatic N) is 1. The first kappa shape index (κ1) is 15.7. The van der Waals surface area contributed by atoms with Crippen LogP contribution in [0, 0.1) is 5.92 Å². The van der Waals surface area contributed by atoms with Gasteiger partial charge in [0.25, 0.3) is 0 Å². The van der Waals surface area contributed by atoms with Crippen molar-refractivity contribution in [3.8, 4) is 0 Å². The van der Waals surface area contributed by atoms with Crippen LogP contribution in [0.4, 0.5) is 5.69 Å². The van der Waals surface area contributed by atoms with Crippen LogP contribution in [0.2, 0.25) is 0 Å². The monoisotopic (exact) mass is 313 g/mol. The van der Waals surface area contributed by atoms with Gasteiger partial charge in [-0.1, -0.05) is 30.4 Å². The van der Waals surface area contributed by atoms with Crippen molar-refractivity contribution in [3.63, 3.8) is 0 Å². The number of aromatic nitrogens is 2. The zero-order valence-corrected chi connectivity index (χ0v) is 13.4. The molecule has 0 aromatic carbocycles. The molecule has 0 radical (unpaired) electrons. The molecule has 2 N–H and O–H groups in total. The van der Waals surface area contributed by atoms with Gasteiger partial charge in [0.2, 0.25) is 5.91 Å². The van der Waals surface area contributed by atoms with Crippen LogP contribution in [-0.2, 0) is 9.53 Å². The molecule has 0 spiro atoms. The lowest BCUT2D eigenvalue weighted by Crippen LogP contribution is -2.36. The Morgan fingerprint density at radius 1 is 1.39 bits per heavy atom. The minimum atomic E-state index is -0.101. The van der Waals surface area contributed by atoms with E-state index in [1.54, 1.807) is 6.20 Å². The molecule has 0 bridgehead atoms. The fourth-order valence-electron chi connectivity index (χ4n) is 3.02. The van der Waals surface area contributed by atoms with Crippen LogP contribution in [0.3, 0.4) is 0 Å². The molecule has 23 heavy (non-hydrogen) atoms. The Balaban J connectivity index is 1.75. The summed E-state index contributed by atoms with van der Waals surface area (Å²) in [5.74, 6) is -0.0912. The van der Waals surface area contributed by atoms with E-state index in [4.69, 9.17) is 4.74 Å². The van der Waals surface area contributed by atoms with Crippen molar-refractivity contribution in [2.75, 3.05) is 11.9 Å². The molecule has 1 aliphatic carbocycles. The van der Waals surface area contributed by atoms with Crippen molar-refractivity contribution in [2.45, 2.75) is 38.7 Å². The van der Waals surface area contributed by atoms with Gasteiger partial charge in [0, 0.05) is 6.61 Å². The summed E-state index contributed by atoms with van der Waals surface area (Å²) in [4.78, 5) is 12.6. The average molecular weight is 313 g/mol. The molecule has 0 saturated carbocycles. The molecule has 1 saturated heterocycles. The van der Waals surface area contributed by atoms with Crippen LogP contribution >= 0.6 is 0 Å². The Morgan fingerprint density at radius 2 is 2.30 bits per heavy atom. The lowest BCUT2D eigenvalue weighted by molar-refractivity contribution is -0.127. The molecule has 122 valence electrons. The van der Waals surface area contributed by atoms with E-state index in [0.29, 0.717) is 0 Å². The number of aromatic amines is 1. The number of rotatable bonds is 3. The SMILES string of the molecule is C[C@@H]1OCCCC1C(=O)Nc1cn[nH]c1C1=CCC/C=C/C=C1. The summed E-state index contributed by atoms with van der Waals surface area (Å²) in [5, 5.41) is 10.1. The number of H-pyrrole nitrogens is 1. The average Bonchev–Trinajstić information content (AvgIpc) is 2.95. The van der Waals surface area contributed by atoms with Crippen LogP contribution < -0.4 is 5.32 Å². The zero-order chi connectivity index (χ0) is 16.1. The van der Waals surface area contributed by atoms with Crippen molar-refractivity contribution in [2.24, 2.45) is 5.92 Å². The van der Waals surface area contributed by atoms with Crippen LogP contribution in [0.5, 0.6) is 0 Å². The van der Waals surface area contributed by atoms with Crippen molar-refractivity contribution >= 4 is 17.2 Å². The third-order valence-electron chi connectivity index (χ3n) is 4.35. The van der Waals surface area contributed by atoms with Gasteiger partial charge in [0.15, 0.2) is 0 Å². The van der Waals surface area contributed by atoms with Crippen molar-refractivity contribution < 1.29 is 9.53 Å². The lowest BCUT2D eigenvalue weighted by Gasteiger charge is -2.27. The second-order valence-electron chi connectivity index (χ2n) is 6.00. The number of allylic oxidation sites excluding steroid dienone is 6. The topological polar surface area (TPSA) is 67.0 Å². The fourth-order valence-corrected chi connectivity index (χ4v) is 3.02. The van der Waals surface area contributed by atoms with Gasteiger partial charge in [0.1, 0.15) is 0 Å². The summed E-state index contributed by atoms with van der Waals surface area (Å²) in [5.41, 5.74) is 2.64.